The Morgan fingerprint density at radius 2 is 1.69 bits per heavy atom. The minimum Gasteiger partial charge on any atom is -0.357 e. The van der Waals surface area contributed by atoms with Crippen LogP contribution in [0.2, 0.25) is 0 Å². The number of thiophene rings is 1. The van der Waals surface area contributed by atoms with E-state index in [9.17, 15) is 8.42 Å². The van der Waals surface area contributed by atoms with Crippen LogP contribution in [0.15, 0.2) is 46.3 Å². The van der Waals surface area contributed by atoms with Crippen LogP contribution in [0.1, 0.15) is 29.2 Å². The minimum absolute atomic E-state index is 0. The molecule has 2 rings (SSSR count). The van der Waals surface area contributed by atoms with Crippen LogP contribution < -0.4 is 10.6 Å². The van der Waals surface area contributed by atoms with Crippen LogP contribution in [0.3, 0.4) is 0 Å². The maximum absolute atomic E-state index is 11.5. The highest BCUT2D eigenvalue weighted by Crippen LogP contribution is 2.16. The van der Waals surface area contributed by atoms with Crippen molar-refractivity contribution in [2.75, 3.05) is 12.8 Å². The molecule has 0 aliphatic rings. The van der Waals surface area contributed by atoms with Crippen LogP contribution in [0, 0.1) is 0 Å². The Kier molecular flexibility index (Phi) is 9.59. The molecule has 0 unspecified atom stereocenters. The third-order valence-electron chi connectivity index (χ3n) is 3.61. The number of aliphatic imine (C=N–C) groups is 1. The van der Waals surface area contributed by atoms with E-state index < -0.39 is 9.84 Å². The molecule has 5 nitrogen and oxygen atoms in total. The first-order valence-electron chi connectivity index (χ1n) is 8.31. The maximum atomic E-state index is 11.5. The lowest BCUT2D eigenvalue weighted by Gasteiger charge is -2.10. The SMILES string of the molecule is CCNC(=NCc1ccc(S(C)(=O)=O)cc1)NCc1ccc(CC)s1.I. The highest BCUT2D eigenvalue weighted by atomic mass is 127. The number of sulfone groups is 1. The summed E-state index contributed by atoms with van der Waals surface area (Å²) in [5, 5.41) is 6.56. The van der Waals surface area contributed by atoms with Crippen LogP contribution in [0.4, 0.5) is 0 Å². The monoisotopic (exact) mass is 507 g/mol. The Bertz CT molecular complexity index is 815. The lowest BCUT2D eigenvalue weighted by molar-refractivity contribution is 0.602. The number of halogens is 1. The molecule has 144 valence electrons. The van der Waals surface area contributed by atoms with Crippen LogP contribution in [-0.2, 0) is 29.3 Å². The van der Waals surface area contributed by atoms with Crippen molar-refractivity contribution < 1.29 is 8.42 Å². The molecular formula is C18H26IN3O2S2. The van der Waals surface area contributed by atoms with Crippen molar-refractivity contribution in [3.8, 4) is 0 Å². The Morgan fingerprint density at radius 1 is 1.04 bits per heavy atom. The third-order valence-corrected chi connectivity index (χ3v) is 5.97. The molecule has 0 atom stereocenters. The number of nitrogens with one attached hydrogen (secondary N) is 2. The summed E-state index contributed by atoms with van der Waals surface area (Å²) < 4.78 is 23.0. The van der Waals surface area contributed by atoms with E-state index in [1.807, 2.05) is 18.3 Å². The number of nitrogens with zero attached hydrogens (tertiary/aromatic N) is 1. The Morgan fingerprint density at radius 3 is 2.23 bits per heavy atom. The van der Waals surface area contributed by atoms with Gasteiger partial charge < -0.3 is 10.6 Å². The predicted octanol–water partition coefficient (Wildman–Crippen LogP) is 3.59. The van der Waals surface area contributed by atoms with Crippen LogP contribution >= 0.6 is 35.3 Å². The van der Waals surface area contributed by atoms with Gasteiger partial charge in [-0.25, -0.2) is 13.4 Å². The number of hydrogen-bond donors (Lipinski definition) is 2. The molecule has 0 aliphatic heterocycles. The standard InChI is InChI=1S/C18H25N3O2S2.HI/c1-4-15-8-9-16(24-15)13-21-18(19-5-2)20-12-14-6-10-17(11-7-14)25(3,22)23;/h6-11H,4-5,12-13H2,1-3H3,(H2,19,20,21);1H. The van der Waals surface area contributed by atoms with Gasteiger partial charge in [0, 0.05) is 22.6 Å². The Labute approximate surface area is 177 Å². The number of guanidine groups is 1. The smallest absolute Gasteiger partial charge is 0.191 e. The second-order valence-corrected chi connectivity index (χ2v) is 8.96. The van der Waals surface area contributed by atoms with E-state index in [2.05, 4.69) is 34.7 Å². The van der Waals surface area contributed by atoms with E-state index in [0.29, 0.717) is 11.4 Å². The second kappa shape index (κ2) is 10.9. The molecule has 0 saturated carbocycles. The summed E-state index contributed by atoms with van der Waals surface area (Å²) in [5.74, 6) is 0.751. The summed E-state index contributed by atoms with van der Waals surface area (Å²) in [6.45, 7) is 6.19. The van der Waals surface area contributed by atoms with Gasteiger partial charge in [-0.1, -0.05) is 19.1 Å². The zero-order chi connectivity index (χ0) is 18.3. The van der Waals surface area contributed by atoms with Crippen LogP contribution in [0.25, 0.3) is 0 Å². The lowest BCUT2D eigenvalue weighted by atomic mass is 10.2. The van der Waals surface area contributed by atoms with E-state index >= 15 is 0 Å². The van der Waals surface area contributed by atoms with Gasteiger partial charge in [0.05, 0.1) is 18.0 Å². The molecule has 0 fully saturated rings. The molecular weight excluding hydrogens is 481 g/mol. The quantitative estimate of drug-likeness (QED) is 0.342. The molecule has 0 bridgehead atoms. The van der Waals surface area contributed by atoms with Gasteiger partial charge in [0.15, 0.2) is 15.8 Å². The first-order valence-corrected chi connectivity index (χ1v) is 11.0. The van der Waals surface area contributed by atoms with Gasteiger partial charge in [-0.2, -0.15) is 0 Å². The number of benzene rings is 1. The molecule has 0 saturated heterocycles. The van der Waals surface area contributed by atoms with Crippen LogP contribution in [-0.4, -0.2) is 27.2 Å². The highest BCUT2D eigenvalue weighted by Gasteiger charge is 2.06. The molecule has 2 N–H and O–H groups in total. The fourth-order valence-corrected chi connectivity index (χ4v) is 3.76. The molecule has 0 aliphatic carbocycles. The Balaban J connectivity index is 0.00000338. The molecule has 0 radical (unpaired) electrons. The second-order valence-electron chi connectivity index (χ2n) is 5.69. The molecule has 8 heteroatoms. The summed E-state index contributed by atoms with van der Waals surface area (Å²) in [7, 11) is -3.16. The fraction of sp³-hybridized carbons (Fsp3) is 0.389. The predicted molar refractivity (Wildman–Crippen MR) is 120 cm³/mol. The summed E-state index contributed by atoms with van der Waals surface area (Å²) >= 11 is 1.81. The van der Waals surface area contributed by atoms with Crippen molar-refractivity contribution in [3.63, 3.8) is 0 Å². The number of rotatable bonds is 7. The van der Waals surface area contributed by atoms with E-state index in [0.717, 1.165) is 31.0 Å². The molecule has 1 aromatic heterocycles. The maximum Gasteiger partial charge on any atom is 0.191 e. The number of aryl methyl sites for hydroxylation is 1. The molecule has 0 spiro atoms. The Hall–Kier alpha value is -1.13. The molecule has 1 aromatic carbocycles. The van der Waals surface area contributed by atoms with Crippen molar-refractivity contribution in [2.45, 2.75) is 38.3 Å². The van der Waals surface area contributed by atoms with Gasteiger partial charge in [0.25, 0.3) is 0 Å². The minimum atomic E-state index is -3.16. The molecule has 1 heterocycles. The van der Waals surface area contributed by atoms with Crippen molar-refractivity contribution in [3.05, 3.63) is 51.7 Å². The van der Waals surface area contributed by atoms with Gasteiger partial charge in [-0.05, 0) is 43.2 Å². The first-order chi connectivity index (χ1) is 11.9. The van der Waals surface area contributed by atoms with Gasteiger partial charge in [0.2, 0.25) is 0 Å². The van der Waals surface area contributed by atoms with E-state index in [-0.39, 0.29) is 24.0 Å². The van der Waals surface area contributed by atoms with Gasteiger partial charge in [-0.15, -0.1) is 35.3 Å². The average molecular weight is 507 g/mol. The van der Waals surface area contributed by atoms with E-state index in [1.54, 1.807) is 24.3 Å². The summed E-state index contributed by atoms with van der Waals surface area (Å²) in [6, 6.07) is 11.2. The lowest BCUT2D eigenvalue weighted by Crippen LogP contribution is -2.36. The molecule has 0 amide bonds. The summed E-state index contributed by atoms with van der Waals surface area (Å²) in [6.07, 6.45) is 2.27. The van der Waals surface area contributed by atoms with Crippen molar-refractivity contribution in [1.29, 1.82) is 0 Å². The van der Waals surface area contributed by atoms with Crippen molar-refractivity contribution in [1.82, 2.24) is 10.6 Å². The van der Waals surface area contributed by atoms with E-state index in [4.69, 9.17) is 0 Å². The zero-order valence-corrected chi connectivity index (χ0v) is 19.2. The van der Waals surface area contributed by atoms with E-state index in [1.165, 1.54) is 16.0 Å². The molecule has 2 aromatic rings. The van der Waals surface area contributed by atoms with Gasteiger partial charge >= 0.3 is 0 Å². The average Bonchev–Trinajstić information content (AvgIpc) is 3.05. The summed E-state index contributed by atoms with van der Waals surface area (Å²) in [4.78, 5) is 7.55. The zero-order valence-electron chi connectivity index (χ0n) is 15.3. The van der Waals surface area contributed by atoms with Gasteiger partial charge in [0.1, 0.15) is 0 Å². The topological polar surface area (TPSA) is 70.6 Å². The third kappa shape index (κ3) is 7.24. The fourth-order valence-electron chi connectivity index (χ4n) is 2.23. The first kappa shape index (κ1) is 22.9. The largest absolute Gasteiger partial charge is 0.357 e. The summed E-state index contributed by atoms with van der Waals surface area (Å²) in [5.41, 5.74) is 0.967. The van der Waals surface area contributed by atoms with Crippen molar-refractivity contribution >= 4 is 51.1 Å². The van der Waals surface area contributed by atoms with Crippen molar-refractivity contribution in [2.24, 2.45) is 4.99 Å². The van der Waals surface area contributed by atoms with Crippen LogP contribution in [0.5, 0.6) is 0 Å². The van der Waals surface area contributed by atoms with Gasteiger partial charge in [-0.3, -0.25) is 0 Å². The number of hydrogen-bond acceptors (Lipinski definition) is 4. The normalized spacial score (nSPS) is 11.7. The molecule has 26 heavy (non-hydrogen) atoms. The highest BCUT2D eigenvalue weighted by molar-refractivity contribution is 14.0.